The molecule has 0 radical (unpaired) electrons. The quantitative estimate of drug-likeness (QED) is 0.539. The maximum absolute atomic E-state index is 3.41. The minimum Gasteiger partial charge on any atom is -0.302 e. The van der Waals surface area contributed by atoms with Crippen molar-refractivity contribution in [1.29, 1.82) is 0 Å². The lowest BCUT2D eigenvalue weighted by Gasteiger charge is -2.27. The SMILES string of the molecule is CC(C)C1NCCCN1. The Morgan fingerprint density at radius 2 is 1.78 bits per heavy atom. The molecule has 0 aromatic rings. The van der Waals surface area contributed by atoms with Crippen LogP contribution in [0.4, 0.5) is 0 Å². The third kappa shape index (κ3) is 1.95. The normalized spacial score (nSPS) is 23.0. The first-order valence-corrected chi connectivity index (χ1v) is 3.77. The van der Waals surface area contributed by atoms with E-state index < -0.39 is 0 Å². The van der Waals surface area contributed by atoms with Gasteiger partial charge in [-0.25, -0.2) is 0 Å². The summed E-state index contributed by atoms with van der Waals surface area (Å²) < 4.78 is 0. The molecule has 0 amide bonds. The van der Waals surface area contributed by atoms with Crippen molar-refractivity contribution in [2.45, 2.75) is 26.4 Å². The molecule has 1 aliphatic rings. The summed E-state index contributed by atoms with van der Waals surface area (Å²) in [6.45, 7) is 6.82. The number of hydrogen-bond donors (Lipinski definition) is 2. The lowest BCUT2D eigenvalue weighted by Crippen LogP contribution is -2.51. The molecule has 0 aromatic heterocycles. The molecule has 1 aliphatic heterocycles. The van der Waals surface area contributed by atoms with Crippen LogP contribution in [0, 0.1) is 5.92 Å². The van der Waals surface area contributed by atoms with Crippen molar-refractivity contribution in [2.75, 3.05) is 13.1 Å². The monoisotopic (exact) mass is 128 g/mol. The third-order valence-corrected chi connectivity index (χ3v) is 1.75. The molecule has 0 bridgehead atoms. The highest BCUT2D eigenvalue weighted by Crippen LogP contribution is 2.00. The van der Waals surface area contributed by atoms with Crippen LogP contribution in [-0.2, 0) is 0 Å². The fourth-order valence-corrected chi connectivity index (χ4v) is 1.15. The number of rotatable bonds is 1. The molecule has 9 heavy (non-hydrogen) atoms. The molecule has 54 valence electrons. The molecule has 2 N–H and O–H groups in total. The van der Waals surface area contributed by atoms with Gasteiger partial charge in [0.25, 0.3) is 0 Å². The summed E-state index contributed by atoms with van der Waals surface area (Å²) in [4.78, 5) is 0. The van der Waals surface area contributed by atoms with Crippen LogP contribution < -0.4 is 10.6 Å². The maximum Gasteiger partial charge on any atom is 0.0595 e. The second-order valence-corrected chi connectivity index (χ2v) is 2.98. The summed E-state index contributed by atoms with van der Waals surface area (Å²) in [6, 6.07) is 0. The Bertz CT molecular complexity index is 75.0. The highest BCUT2D eigenvalue weighted by atomic mass is 15.1. The van der Waals surface area contributed by atoms with E-state index in [1.54, 1.807) is 0 Å². The van der Waals surface area contributed by atoms with Crippen molar-refractivity contribution in [1.82, 2.24) is 10.6 Å². The van der Waals surface area contributed by atoms with Gasteiger partial charge in [0.05, 0.1) is 6.17 Å². The second-order valence-electron chi connectivity index (χ2n) is 2.98. The average molecular weight is 128 g/mol. The Morgan fingerprint density at radius 1 is 1.22 bits per heavy atom. The fraction of sp³-hybridized carbons (Fsp3) is 1.00. The van der Waals surface area contributed by atoms with Gasteiger partial charge in [0.15, 0.2) is 0 Å². The molecule has 1 rings (SSSR count). The van der Waals surface area contributed by atoms with Crippen LogP contribution in [0.1, 0.15) is 20.3 Å². The second kappa shape index (κ2) is 3.18. The van der Waals surface area contributed by atoms with Crippen LogP contribution in [0.3, 0.4) is 0 Å². The largest absolute Gasteiger partial charge is 0.302 e. The van der Waals surface area contributed by atoms with Gasteiger partial charge in [-0.05, 0) is 25.4 Å². The van der Waals surface area contributed by atoms with Crippen LogP contribution in [0.5, 0.6) is 0 Å². The van der Waals surface area contributed by atoms with Crippen LogP contribution in [0.2, 0.25) is 0 Å². The van der Waals surface area contributed by atoms with E-state index in [-0.39, 0.29) is 0 Å². The molecular formula is C7H16N2. The van der Waals surface area contributed by atoms with Gasteiger partial charge in [-0.1, -0.05) is 13.8 Å². The van der Waals surface area contributed by atoms with E-state index in [9.17, 15) is 0 Å². The molecular weight excluding hydrogens is 112 g/mol. The van der Waals surface area contributed by atoms with Crippen molar-refractivity contribution < 1.29 is 0 Å². The molecule has 0 aromatic carbocycles. The van der Waals surface area contributed by atoms with Crippen molar-refractivity contribution >= 4 is 0 Å². The zero-order chi connectivity index (χ0) is 6.69. The first kappa shape index (κ1) is 7.03. The van der Waals surface area contributed by atoms with E-state index in [4.69, 9.17) is 0 Å². The summed E-state index contributed by atoms with van der Waals surface area (Å²) in [6.07, 6.45) is 1.82. The Labute approximate surface area is 57.0 Å². The van der Waals surface area contributed by atoms with Gasteiger partial charge in [-0.2, -0.15) is 0 Å². The van der Waals surface area contributed by atoms with E-state index >= 15 is 0 Å². The summed E-state index contributed by atoms with van der Waals surface area (Å²) >= 11 is 0. The minimum absolute atomic E-state index is 0.554. The topological polar surface area (TPSA) is 24.1 Å². The van der Waals surface area contributed by atoms with E-state index in [1.165, 1.54) is 19.5 Å². The lowest BCUT2D eigenvalue weighted by molar-refractivity contribution is 0.297. The molecule has 2 heteroatoms. The van der Waals surface area contributed by atoms with Gasteiger partial charge < -0.3 is 10.6 Å². The molecule has 1 fully saturated rings. The molecule has 0 saturated carbocycles. The Balaban J connectivity index is 2.23. The number of hydrogen-bond acceptors (Lipinski definition) is 2. The third-order valence-electron chi connectivity index (χ3n) is 1.75. The van der Waals surface area contributed by atoms with E-state index in [2.05, 4.69) is 24.5 Å². The standard InChI is InChI=1S/C7H16N2/c1-6(2)7-8-4-3-5-9-7/h6-9H,3-5H2,1-2H3. The zero-order valence-electron chi connectivity index (χ0n) is 6.28. The van der Waals surface area contributed by atoms with E-state index in [0.29, 0.717) is 12.1 Å². The Morgan fingerprint density at radius 3 is 2.11 bits per heavy atom. The molecule has 0 unspecified atom stereocenters. The van der Waals surface area contributed by atoms with Gasteiger partial charge in [-0.15, -0.1) is 0 Å². The highest BCUT2D eigenvalue weighted by molar-refractivity contribution is 4.72. The lowest BCUT2D eigenvalue weighted by atomic mass is 10.1. The molecule has 1 saturated heterocycles. The van der Waals surface area contributed by atoms with Crippen molar-refractivity contribution in [3.63, 3.8) is 0 Å². The van der Waals surface area contributed by atoms with Crippen LogP contribution in [0.25, 0.3) is 0 Å². The van der Waals surface area contributed by atoms with Crippen LogP contribution in [-0.4, -0.2) is 19.3 Å². The van der Waals surface area contributed by atoms with Gasteiger partial charge in [-0.3, -0.25) is 0 Å². The van der Waals surface area contributed by atoms with Crippen molar-refractivity contribution in [3.8, 4) is 0 Å². The average Bonchev–Trinajstić information content (AvgIpc) is 1.90. The van der Waals surface area contributed by atoms with Crippen LogP contribution >= 0.6 is 0 Å². The summed E-state index contributed by atoms with van der Waals surface area (Å²) in [5, 5.41) is 6.81. The Hall–Kier alpha value is -0.0800. The number of nitrogens with one attached hydrogen (secondary N) is 2. The van der Waals surface area contributed by atoms with Gasteiger partial charge in [0, 0.05) is 0 Å². The van der Waals surface area contributed by atoms with E-state index in [0.717, 1.165) is 0 Å². The fourth-order valence-electron chi connectivity index (χ4n) is 1.15. The highest BCUT2D eigenvalue weighted by Gasteiger charge is 2.13. The molecule has 0 atom stereocenters. The summed E-state index contributed by atoms with van der Waals surface area (Å²) in [5.41, 5.74) is 0. The predicted molar refractivity (Wildman–Crippen MR) is 39.2 cm³/mol. The molecule has 1 heterocycles. The summed E-state index contributed by atoms with van der Waals surface area (Å²) in [5.74, 6) is 0.713. The van der Waals surface area contributed by atoms with Gasteiger partial charge in [0.2, 0.25) is 0 Å². The van der Waals surface area contributed by atoms with E-state index in [1.807, 2.05) is 0 Å². The maximum atomic E-state index is 3.41. The first-order chi connectivity index (χ1) is 4.30. The van der Waals surface area contributed by atoms with Gasteiger partial charge >= 0.3 is 0 Å². The van der Waals surface area contributed by atoms with Crippen molar-refractivity contribution in [2.24, 2.45) is 5.92 Å². The minimum atomic E-state index is 0.554. The summed E-state index contributed by atoms with van der Waals surface area (Å²) in [7, 11) is 0. The first-order valence-electron chi connectivity index (χ1n) is 3.77. The van der Waals surface area contributed by atoms with Crippen molar-refractivity contribution in [3.05, 3.63) is 0 Å². The molecule has 2 nitrogen and oxygen atoms in total. The molecule has 0 spiro atoms. The molecule has 0 aliphatic carbocycles. The smallest absolute Gasteiger partial charge is 0.0595 e. The van der Waals surface area contributed by atoms with Gasteiger partial charge in [0.1, 0.15) is 0 Å². The van der Waals surface area contributed by atoms with Crippen LogP contribution in [0.15, 0.2) is 0 Å². The predicted octanol–water partition coefficient (Wildman–Crippen LogP) is 0.551. The zero-order valence-corrected chi connectivity index (χ0v) is 6.28. The Kier molecular flexibility index (Phi) is 2.49.